The van der Waals surface area contributed by atoms with Crippen LogP contribution in [0.15, 0.2) is 41.3 Å². The summed E-state index contributed by atoms with van der Waals surface area (Å²) < 4.78 is 35.0. The Morgan fingerprint density at radius 2 is 1.91 bits per heavy atom. The largest absolute Gasteiger partial charge is 0.456 e. The van der Waals surface area contributed by atoms with Crippen LogP contribution in [-0.4, -0.2) is 38.4 Å². The Hall–Kier alpha value is -2.60. The van der Waals surface area contributed by atoms with E-state index >= 15 is 0 Å². The van der Waals surface area contributed by atoms with Crippen molar-refractivity contribution in [3.63, 3.8) is 0 Å². The molecule has 1 amide bonds. The summed E-state index contributed by atoms with van der Waals surface area (Å²) in [5.74, 6) is 0.481. The maximum atomic E-state index is 13.2. The van der Waals surface area contributed by atoms with Crippen LogP contribution < -0.4 is 9.46 Å². The van der Waals surface area contributed by atoms with Gasteiger partial charge in [0.15, 0.2) is 0 Å². The van der Waals surface area contributed by atoms with Crippen LogP contribution in [0.5, 0.6) is 11.5 Å². The summed E-state index contributed by atoms with van der Waals surface area (Å²) in [6, 6.07) is 11.0. The number of nitrogens with one attached hydrogen (secondary N) is 1. The van der Waals surface area contributed by atoms with Crippen molar-refractivity contribution in [3.05, 3.63) is 52.5 Å². The first-order valence-electron chi connectivity index (χ1n) is 10.4. The van der Waals surface area contributed by atoms with E-state index in [0.29, 0.717) is 36.7 Å². The van der Waals surface area contributed by atoms with Crippen molar-refractivity contribution in [3.8, 4) is 17.6 Å². The maximum absolute atomic E-state index is 13.2. The molecule has 2 aromatic rings. The van der Waals surface area contributed by atoms with Crippen molar-refractivity contribution >= 4 is 27.5 Å². The maximum Gasteiger partial charge on any atom is 0.244 e. The van der Waals surface area contributed by atoms with Gasteiger partial charge in [-0.3, -0.25) is 4.79 Å². The van der Waals surface area contributed by atoms with Crippen LogP contribution in [0, 0.1) is 24.2 Å². The van der Waals surface area contributed by atoms with Crippen molar-refractivity contribution < 1.29 is 17.9 Å². The first-order chi connectivity index (χ1) is 15.1. The molecule has 0 aliphatic carbocycles. The van der Waals surface area contributed by atoms with E-state index in [1.807, 2.05) is 26.8 Å². The molecule has 0 radical (unpaired) electrons. The van der Waals surface area contributed by atoms with Gasteiger partial charge in [0.05, 0.1) is 11.6 Å². The Labute approximate surface area is 194 Å². The average Bonchev–Trinajstić information content (AvgIpc) is 2.73. The Bertz CT molecular complexity index is 1130. The number of nitriles is 1. The van der Waals surface area contributed by atoms with Crippen molar-refractivity contribution in [1.29, 1.82) is 5.26 Å². The number of rotatable bonds is 6. The Balaban J connectivity index is 1.82. The van der Waals surface area contributed by atoms with Gasteiger partial charge in [-0.15, -0.1) is 0 Å². The predicted molar refractivity (Wildman–Crippen MR) is 122 cm³/mol. The SMILES string of the molecule is Cc1cc(Cl)cc(Oc2ccc(C#N)cc2S(=O)(=O)NC2CCN(C(=O)C(C)C)CC2)c1. The number of hydrogen-bond acceptors (Lipinski definition) is 5. The molecule has 0 aromatic heterocycles. The lowest BCUT2D eigenvalue weighted by Gasteiger charge is -2.33. The first kappa shape index (κ1) is 24.1. The zero-order chi connectivity index (χ0) is 23.5. The third-order valence-electron chi connectivity index (χ3n) is 5.23. The number of sulfonamides is 1. The zero-order valence-electron chi connectivity index (χ0n) is 18.3. The summed E-state index contributed by atoms with van der Waals surface area (Å²) in [5.41, 5.74) is 1.07. The third-order valence-corrected chi connectivity index (χ3v) is 6.99. The Kier molecular flexibility index (Phi) is 7.44. The predicted octanol–water partition coefficient (Wildman–Crippen LogP) is 4.24. The molecule has 170 valence electrons. The standard InChI is InChI=1S/C23H26ClN3O4S/c1-15(2)23(28)27-8-6-19(7-9-27)26-32(29,30)22-12-17(14-25)4-5-21(22)31-20-11-16(3)10-18(24)13-20/h4-5,10-13,15,19,26H,6-9H2,1-3H3. The summed E-state index contributed by atoms with van der Waals surface area (Å²) in [7, 11) is -3.98. The first-order valence-corrected chi connectivity index (χ1v) is 12.3. The van der Waals surface area contributed by atoms with E-state index in [-0.39, 0.29) is 34.1 Å². The van der Waals surface area contributed by atoms with Gasteiger partial charge < -0.3 is 9.64 Å². The quantitative estimate of drug-likeness (QED) is 0.673. The van der Waals surface area contributed by atoms with Crippen molar-refractivity contribution in [2.24, 2.45) is 5.92 Å². The van der Waals surface area contributed by atoms with Gasteiger partial charge in [0.1, 0.15) is 16.4 Å². The van der Waals surface area contributed by atoms with Gasteiger partial charge in [-0.1, -0.05) is 25.4 Å². The molecular formula is C23H26ClN3O4S. The molecule has 1 fully saturated rings. The minimum atomic E-state index is -3.98. The second-order valence-corrected chi connectivity index (χ2v) is 10.3. The van der Waals surface area contributed by atoms with Crippen LogP contribution in [0.25, 0.3) is 0 Å². The molecule has 9 heteroatoms. The van der Waals surface area contributed by atoms with E-state index in [9.17, 15) is 18.5 Å². The normalized spacial score (nSPS) is 14.9. The molecule has 0 spiro atoms. The van der Waals surface area contributed by atoms with E-state index in [4.69, 9.17) is 16.3 Å². The highest BCUT2D eigenvalue weighted by Crippen LogP contribution is 2.32. The summed E-state index contributed by atoms with van der Waals surface area (Å²) in [4.78, 5) is 13.8. The molecule has 32 heavy (non-hydrogen) atoms. The minimum Gasteiger partial charge on any atom is -0.456 e. The number of ether oxygens (including phenoxy) is 1. The molecule has 0 bridgehead atoms. The number of carbonyl (C=O) groups is 1. The highest BCUT2D eigenvalue weighted by molar-refractivity contribution is 7.89. The third kappa shape index (κ3) is 5.80. The monoisotopic (exact) mass is 475 g/mol. The van der Waals surface area contributed by atoms with Gasteiger partial charge in [0.2, 0.25) is 15.9 Å². The fraction of sp³-hybridized carbons (Fsp3) is 0.391. The van der Waals surface area contributed by atoms with Crippen molar-refractivity contribution in [1.82, 2.24) is 9.62 Å². The number of likely N-dealkylation sites (tertiary alicyclic amines) is 1. The topological polar surface area (TPSA) is 99.5 Å². The van der Waals surface area contributed by atoms with Crippen LogP contribution in [0.4, 0.5) is 0 Å². The van der Waals surface area contributed by atoms with E-state index in [2.05, 4.69) is 4.72 Å². The lowest BCUT2D eigenvalue weighted by molar-refractivity contribution is -0.135. The van der Waals surface area contributed by atoms with Gasteiger partial charge in [0.25, 0.3) is 0 Å². The highest BCUT2D eigenvalue weighted by Gasteiger charge is 2.29. The second kappa shape index (κ2) is 9.90. The molecular weight excluding hydrogens is 450 g/mol. The van der Waals surface area contributed by atoms with Gasteiger partial charge in [-0.2, -0.15) is 5.26 Å². The molecule has 1 saturated heterocycles. The molecule has 0 unspecified atom stereocenters. The van der Waals surface area contributed by atoms with Gasteiger partial charge in [-0.05, 0) is 61.7 Å². The van der Waals surface area contributed by atoms with Crippen LogP contribution in [-0.2, 0) is 14.8 Å². The second-order valence-electron chi connectivity index (χ2n) is 8.22. The zero-order valence-corrected chi connectivity index (χ0v) is 19.8. The smallest absolute Gasteiger partial charge is 0.244 e. The van der Waals surface area contributed by atoms with Crippen LogP contribution in [0.2, 0.25) is 5.02 Å². The fourth-order valence-electron chi connectivity index (χ4n) is 3.63. The molecule has 2 aromatic carbocycles. The number of nitrogens with zero attached hydrogens (tertiary/aromatic N) is 2. The molecule has 1 aliphatic heterocycles. The van der Waals surface area contributed by atoms with Crippen LogP contribution in [0.3, 0.4) is 0 Å². The number of halogens is 1. The molecule has 0 atom stereocenters. The lowest BCUT2D eigenvalue weighted by atomic mass is 10.0. The fourth-order valence-corrected chi connectivity index (χ4v) is 5.36. The van der Waals surface area contributed by atoms with E-state index < -0.39 is 10.0 Å². The van der Waals surface area contributed by atoms with Gasteiger partial charge >= 0.3 is 0 Å². The highest BCUT2D eigenvalue weighted by atomic mass is 35.5. The molecule has 3 rings (SSSR count). The van der Waals surface area contributed by atoms with Crippen molar-refractivity contribution in [2.75, 3.05) is 13.1 Å². The number of hydrogen-bond donors (Lipinski definition) is 1. The molecule has 1 N–H and O–H groups in total. The van der Waals surface area contributed by atoms with Crippen molar-refractivity contribution in [2.45, 2.75) is 44.6 Å². The Morgan fingerprint density at radius 1 is 1.22 bits per heavy atom. The molecule has 1 heterocycles. The summed E-state index contributed by atoms with van der Waals surface area (Å²) >= 11 is 6.09. The molecule has 7 nitrogen and oxygen atoms in total. The van der Waals surface area contributed by atoms with E-state index in [0.717, 1.165) is 5.56 Å². The average molecular weight is 476 g/mol. The number of carbonyl (C=O) groups excluding carboxylic acids is 1. The van der Waals surface area contributed by atoms with E-state index in [1.54, 1.807) is 23.1 Å². The minimum absolute atomic E-state index is 0.0699. The molecule has 1 aliphatic rings. The summed E-state index contributed by atoms with van der Waals surface area (Å²) in [5, 5.41) is 9.74. The number of aryl methyl sites for hydroxylation is 1. The van der Waals surface area contributed by atoms with Gasteiger partial charge in [0, 0.05) is 30.1 Å². The lowest BCUT2D eigenvalue weighted by Crippen LogP contribution is -2.47. The van der Waals surface area contributed by atoms with Crippen LogP contribution >= 0.6 is 11.6 Å². The number of amides is 1. The van der Waals surface area contributed by atoms with Crippen LogP contribution in [0.1, 0.15) is 37.8 Å². The summed E-state index contributed by atoms with van der Waals surface area (Å²) in [6.45, 7) is 6.54. The Morgan fingerprint density at radius 3 is 2.50 bits per heavy atom. The van der Waals surface area contributed by atoms with Gasteiger partial charge in [-0.25, -0.2) is 13.1 Å². The number of benzene rings is 2. The summed E-state index contributed by atoms with van der Waals surface area (Å²) in [6.07, 6.45) is 1.03. The number of piperidine rings is 1. The van der Waals surface area contributed by atoms with E-state index in [1.165, 1.54) is 18.2 Å². The molecule has 0 saturated carbocycles.